The molecule has 0 aliphatic rings. The zero-order valence-corrected chi connectivity index (χ0v) is 10.6. The van der Waals surface area contributed by atoms with Gasteiger partial charge in [0.2, 0.25) is 0 Å². The number of rotatable bonds is 2. The predicted molar refractivity (Wildman–Crippen MR) is 68.7 cm³/mol. The topological polar surface area (TPSA) is 42.2 Å². The molecule has 0 fully saturated rings. The molecular formula is C14H17NO2. The quantitative estimate of drug-likeness (QED) is 0.861. The van der Waals surface area contributed by atoms with Crippen molar-refractivity contribution < 1.29 is 9.90 Å². The van der Waals surface area contributed by atoms with Crippen LogP contribution < -0.4 is 0 Å². The fourth-order valence-corrected chi connectivity index (χ4v) is 2.57. The summed E-state index contributed by atoms with van der Waals surface area (Å²) >= 11 is 0. The molecule has 1 aromatic heterocycles. The number of aryl methyl sites for hydroxylation is 1. The first-order valence-corrected chi connectivity index (χ1v) is 5.76. The molecule has 1 aromatic carbocycles. The number of carbonyl (C=O) groups is 1. The fourth-order valence-electron chi connectivity index (χ4n) is 2.57. The molecule has 0 aliphatic heterocycles. The zero-order chi connectivity index (χ0) is 12.7. The number of nitrogens with zero attached hydrogens (tertiary/aromatic N) is 1. The van der Waals surface area contributed by atoms with Gasteiger partial charge in [-0.25, -0.2) is 4.79 Å². The Hall–Kier alpha value is -1.77. The highest BCUT2D eigenvalue weighted by molar-refractivity contribution is 6.04. The van der Waals surface area contributed by atoms with Crippen LogP contribution in [0, 0.1) is 6.92 Å². The van der Waals surface area contributed by atoms with Gasteiger partial charge in [0.1, 0.15) is 0 Å². The minimum Gasteiger partial charge on any atom is -0.478 e. The summed E-state index contributed by atoms with van der Waals surface area (Å²) in [5.74, 6) is -0.478. The van der Waals surface area contributed by atoms with Crippen molar-refractivity contribution in [2.24, 2.45) is 7.05 Å². The van der Waals surface area contributed by atoms with Gasteiger partial charge >= 0.3 is 5.97 Å². The number of carboxylic acids is 1. The summed E-state index contributed by atoms with van der Waals surface area (Å²) < 4.78 is 1.98. The second-order valence-electron chi connectivity index (χ2n) is 4.72. The van der Waals surface area contributed by atoms with Gasteiger partial charge in [0.05, 0.1) is 11.1 Å². The molecule has 0 radical (unpaired) electrons. The van der Waals surface area contributed by atoms with E-state index in [1.165, 1.54) is 5.56 Å². The number of carboxylic acid groups (broad SMARTS) is 1. The van der Waals surface area contributed by atoms with Crippen LogP contribution in [0.2, 0.25) is 0 Å². The largest absolute Gasteiger partial charge is 0.478 e. The first kappa shape index (κ1) is 11.7. The van der Waals surface area contributed by atoms with E-state index >= 15 is 0 Å². The highest BCUT2D eigenvalue weighted by atomic mass is 16.4. The summed E-state index contributed by atoms with van der Waals surface area (Å²) in [5, 5.41) is 10.3. The smallest absolute Gasteiger partial charge is 0.337 e. The van der Waals surface area contributed by atoms with E-state index in [-0.39, 0.29) is 0 Å². The Morgan fingerprint density at radius 1 is 1.35 bits per heavy atom. The normalized spacial score (nSPS) is 11.4. The summed E-state index contributed by atoms with van der Waals surface area (Å²) in [6.45, 7) is 6.31. The van der Waals surface area contributed by atoms with Crippen molar-refractivity contribution in [3.63, 3.8) is 0 Å². The van der Waals surface area contributed by atoms with Crippen molar-refractivity contribution in [3.8, 4) is 0 Å². The third-order valence-electron chi connectivity index (χ3n) is 3.36. The maximum Gasteiger partial charge on any atom is 0.337 e. The number of hydrogen-bond donors (Lipinski definition) is 1. The SMILES string of the molecule is Cc1c(C(C)C)c2cccc(C(=O)O)c2n1C. The lowest BCUT2D eigenvalue weighted by atomic mass is 9.99. The molecule has 2 aromatic rings. The lowest BCUT2D eigenvalue weighted by molar-refractivity contribution is 0.0698. The lowest BCUT2D eigenvalue weighted by Gasteiger charge is -2.05. The Morgan fingerprint density at radius 3 is 2.53 bits per heavy atom. The van der Waals surface area contributed by atoms with Gasteiger partial charge in [-0.3, -0.25) is 0 Å². The third-order valence-corrected chi connectivity index (χ3v) is 3.36. The highest BCUT2D eigenvalue weighted by Crippen LogP contribution is 2.32. The second-order valence-corrected chi connectivity index (χ2v) is 4.72. The first-order valence-electron chi connectivity index (χ1n) is 5.76. The summed E-state index contributed by atoms with van der Waals surface area (Å²) in [7, 11) is 1.93. The van der Waals surface area contributed by atoms with Crippen LogP contribution in [0.1, 0.15) is 41.4 Å². The average molecular weight is 231 g/mol. The molecule has 0 atom stereocenters. The van der Waals surface area contributed by atoms with Gasteiger partial charge in [-0.1, -0.05) is 26.0 Å². The molecular weight excluding hydrogens is 214 g/mol. The van der Waals surface area contributed by atoms with Gasteiger partial charge in [-0.2, -0.15) is 0 Å². The molecule has 0 saturated carbocycles. The summed E-state index contributed by atoms with van der Waals surface area (Å²) in [4.78, 5) is 11.2. The molecule has 0 saturated heterocycles. The van der Waals surface area contributed by atoms with Crippen molar-refractivity contribution >= 4 is 16.9 Å². The molecule has 0 unspecified atom stereocenters. The van der Waals surface area contributed by atoms with E-state index in [0.29, 0.717) is 11.5 Å². The number of aromatic nitrogens is 1. The van der Waals surface area contributed by atoms with E-state index in [4.69, 9.17) is 0 Å². The molecule has 17 heavy (non-hydrogen) atoms. The second kappa shape index (κ2) is 3.91. The minimum atomic E-state index is -0.869. The number of fused-ring (bicyclic) bond motifs is 1. The Balaban J connectivity index is 2.94. The summed E-state index contributed by atoms with van der Waals surface area (Å²) in [6.07, 6.45) is 0. The maximum atomic E-state index is 11.2. The lowest BCUT2D eigenvalue weighted by Crippen LogP contribution is -2.01. The van der Waals surface area contributed by atoms with E-state index in [9.17, 15) is 9.90 Å². The van der Waals surface area contributed by atoms with Crippen LogP contribution in [-0.4, -0.2) is 15.6 Å². The Morgan fingerprint density at radius 2 is 2.00 bits per heavy atom. The molecule has 0 aliphatic carbocycles. The van der Waals surface area contributed by atoms with Crippen molar-refractivity contribution in [1.82, 2.24) is 4.57 Å². The zero-order valence-electron chi connectivity index (χ0n) is 10.6. The standard InChI is InChI=1S/C14H17NO2/c1-8(2)12-9(3)15(4)13-10(12)6-5-7-11(13)14(16)17/h5-8H,1-4H3,(H,16,17). The number of benzene rings is 1. The van der Waals surface area contributed by atoms with Crippen LogP contribution in [0.15, 0.2) is 18.2 Å². The average Bonchev–Trinajstić information content (AvgIpc) is 2.51. The number of aromatic carboxylic acids is 1. The molecule has 90 valence electrons. The maximum absolute atomic E-state index is 11.2. The summed E-state index contributed by atoms with van der Waals surface area (Å²) in [5.41, 5.74) is 3.58. The molecule has 1 heterocycles. The van der Waals surface area contributed by atoms with Crippen molar-refractivity contribution in [1.29, 1.82) is 0 Å². The van der Waals surface area contributed by atoms with E-state index in [1.54, 1.807) is 6.07 Å². The first-order chi connectivity index (χ1) is 7.95. The van der Waals surface area contributed by atoms with E-state index in [0.717, 1.165) is 16.6 Å². The van der Waals surface area contributed by atoms with Crippen LogP contribution >= 0.6 is 0 Å². The van der Waals surface area contributed by atoms with Crippen LogP contribution in [0.25, 0.3) is 10.9 Å². The van der Waals surface area contributed by atoms with Crippen molar-refractivity contribution in [3.05, 3.63) is 35.0 Å². The van der Waals surface area contributed by atoms with Crippen molar-refractivity contribution in [2.45, 2.75) is 26.7 Å². The summed E-state index contributed by atoms with van der Waals surface area (Å²) in [6, 6.07) is 5.48. The molecule has 0 amide bonds. The van der Waals surface area contributed by atoms with Gasteiger partial charge in [-0.05, 0) is 24.5 Å². The number of hydrogen-bond acceptors (Lipinski definition) is 1. The van der Waals surface area contributed by atoms with E-state index in [1.807, 2.05) is 30.7 Å². The van der Waals surface area contributed by atoms with Gasteiger partial charge in [0, 0.05) is 18.1 Å². The molecule has 0 bridgehead atoms. The van der Waals surface area contributed by atoms with Crippen molar-refractivity contribution in [2.75, 3.05) is 0 Å². The van der Waals surface area contributed by atoms with Gasteiger partial charge in [0.15, 0.2) is 0 Å². The van der Waals surface area contributed by atoms with E-state index < -0.39 is 5.97 Å². The van der Waals surface area contributed by atoms with Gasteiger partial charge < -0.3 is 9.67 Å². The molecule has 2 rings (SSSR count). The van der Waals surface area contributed by atoms with E-state index in [2.05, 4.69) is 13.8 Å². The molecule has 1 N–H and O–H groups in total. The molecule has 0 spiro atoms. The highest BCUT2D eigenvalue weighted by Gasteiger charge is 2.19. The Bertz CT molecular complexity index is 594. The fraction of sp³-hybridized carbons (Fsp3) is 0.357. The van der Waals surface area contributed by atoms with Crippen LogP contribution in [-0.2, 0) is 7.05 Å². The van der Waals surface area contributed by atoms with Crippen LogP contribution in [0.3, 0.4) is 0 Å². The van der Waals surface area contributed by atoms with Gasteiger partial charge in [-0.15, -0.1) is 0 Å². The Labute approximate surface area is 101 Å². The number of para-hydroxylation sites is 1. The van der Waals surface area contributed by atoms with Crippen LogP contribution in [0.5, 0.6) is 0 Å². The monoisotopic (exact) mass is 231 g/mol. The molecule has 3 heteroatoms. The molecule has 3 nitrogen and oxygen atoms in total. The Kier molecular flexibility index (Phi) is 2.69. The minimum absolute atomic E-state index is 0.375. The third kappa shape index (κ3) is 1.62. The predicted octanol–water partition coefficient (Wildman–Crippen LogP) is 3.31. The van der Waals surface area contributed by atoms with Gasteiger partial charge in [0.25, 0.3) is 0 Å². The van der Waals surface area contributed by atoms with Crippen LogP contribution in [0.4, 0.5) is 0 Å².